The average molecular weight is 201 g/mol. The molecule has 0 bridgehead atoms. The minimum Gasteiger partial charge on any atom is -0.355 e. The molecular weight excluding hydrogens is 186 g/mol. The monoisotopic (exact) mass is 201 g/mol. The zero-order valence-corrected chi connectivity index (χ0v) is 8.71. The van der Waals surface area contributed by atoms with Crippen molar-refractivity contribution >= 4 is 5.82 Å². The third kappa shape index (κ3) is 1.62. The maximum Gasteiger partial charge on any atom is 0.147 e. The van der Waals surface area contributed by atoms with Crippen molar-refractivity contribution in [1.29, 1.82) is 0 Å². The molecule has 1 aliphatic carbocycles. The smallest absolute Gasteiger partial charge is 0.147 e. The van der Waals surface area contributed by atoms with Crippen molar-refractivity contribution in [2.45, 2.75) is 12.8 Å². The van der Waals surface area contributed by atoms with Crippen molar-refractivity contribution in [1.82, 2.24) is 9.97 Å². The predicted octanol–water partition coefficient (Wildman–Crippen LogP) is 1.88. The fraction of sp³-hybridized carbons (Fsp3) is 0.500. The summed E-state index contributed by atoms with van der Waals surface area (Å²) in [6.07, 6.45) is 12.5. The number of rotatable bonds is 1. The molecule has 2 unspecified atom stereocenters. The van der Waals surface area contributed by atoms with E-state index in [1.165, 1.54) is 12.8 Å². The number of aromatic nitrogens is 2. The van der Waals surface area contributed by atoms with Gasteiger partial charge in [-0.15, -0.1) is 0 Å². The van der Waals surface area contributed by atoms with E-state index in [2.05, 4.69) is 27.0 Å². The van der Waals surface area contributed by atoms with E-state index in [-0.39, 0.29) is 0 Å². The molecule has 3 nitrogen and oxygen atoms in total. The van der Waals surface area contributed by atoms with Gasteiger partial charge in [0.25, 0.3) is 0 Å². The van der Waals surface area contributed by atoms with E-state index in [0.29, 0.717) is 0 Å². The summed E-state index contributed by atoms with van der Waals surface area (Å²) in [6, 6.07) is 0. The summed E-state index contributed by atoms with van der Waals surface area (Å²) >= 11 is 0. The second kappa shape index (κ2) is 3.65. The van der Waals surface area contributed by atoms with Gasteiger partial charge in [0.05, 0.1) is 6.20 Å². The van der Waals surface area contributed by atoms with Gasteiger partial charge in [-0.25, -0.2) is 4.98 Å². The molecule has 0 aromatic carbocycles. The van der Waals surface area contributed by atoms with Gasteiger partial charge in [0, 0.05) is 25.5 Å². The van der Waals surface area contributed by atoms with Gasteiger partial charge in [-0.05, 0) is 24.7 Å². The lowest BCUT2D eigenvalue weighted by Crippen LogP contribution is -2.20. The van der Waals surface area contributed by atoms with Crippen molar-refractivity contribution in [3.63, 3.8) is 0 Å². The van der Waals surface area contributed by atoms with E-state index in [4.69, 9.17) is 0 Å². The van der Waals surface area contributed by atoms with Gasteiger partial charge in [-0.2, -0.15) is 0 Å². The highest BCUT2D eigenvalue weighted by molar-refractivity contribution is 5.37. The maximum absolute atomic E-state index is 4.36. The fourth-order valence-electron chi connectivity index (χ4n) is 2.66. The molecular formula is C12H15N3. The SMILES string of the molecule is C1=CCC2CN(c3cnccn3)CC2C1. The summed E-state index contributed by atoms with van der Waals surface area (Å²) in [5, 5.41) is 0. The molecule has 0 amide bonds. The Morgan fingerprint density at radius 1 is 1.07 bits per heavy atom. The molecule has 0 spiro atoms. The largest absolute Gasteiger partial charge is 0.355 e. The van der Waals surface area contributed by atoms with Crippen molar-refractivity contribution in [3.05, 3.63) is 30.7 Å². The Hall–Kier alpha value is -1.38. The Morgan fingerprint density at radius 2 is 1.80 bits per heavy atom. The van der Waals surface area contributed by atoms with Crippen LogP contribution in [-0.2, 0) is 0 Å². The first-order valence-corrected chi connectivity index (χ1v) is 5.59. The van der Waals surface area contributed by atoms with Crippen molar-refractivity contribution < 1.29 is 0 Å². The Labute approximate surface area is 89.8 Å². The Morgan fingerprint density at radius 3 is 2.40 bits per heavy atom. The standard InChI is InChI=1S/C12H15N3/c1-2-4-11-9-15(8-10(11)3-1)12-7-13-5-6-14-12/h1-2,5-7,10-11H,3-4,8-9H2. The van der Waals surface area contributed by atoms with Gasteiger partial charge in [-0.3, -0.25) is 4.98 Å². The molecule has 3 heteroatoms. The molecule has 78 valence electrons. The zero-order valence-electron chi connectivity index (χ0n) is 8.71. The van der Waals surface area contributed by atoms with E-state index in [1.54, 1.807) is 12.4 Å². The van der Waals surface area contributed by atoms with Gasteiger partial charge in [0.15, 0.2) is 0 Å². The third-order valence-corrected chi connectivity index (χ3v) is 3.49. The van der Waals surface area contributed by atoms with E-state index in [1.807, 2.05) is 6.20 Å². The predicted molar refractivity (Wildman–Crippen MR) is 59.6 cm³/mol. The van der Waals surface area contributed by atoms with Crippen molar-refractivity contribution in [2.24, 2.45) is 11.8 Å². The number of allylic oxidation sites excluding steroid dienone is 2. The highest BCUT2D eigenvalue weighted by Gasteiger charge is 2.33. The van der Waals surface area contributed by atoms with E-state index in [9.17, 15) is 0 Å². The summed E-state index contributed by atoms with van der Waals surface area (Å²) in [5.74, 6) is 2.70. The van der Waals surface area contributed by atoms with Crippen LogP contribution in [0.1, 0.15) is 12.8 Å². The third-order valence-electron chi connectivity index (χ3n) is 3.49. The second-order valence-corrected chi connectivity index (χ2v) is 4.43. The van der Waals surface area contributed by atoms with Gasteiger partial charge in [0.2, 0.25) is 0 Å². The minimum absolute atomic E-state index is 0.831. The summed E-state index contributed by atoms with van der Waals surface area (Å²) in [6.45, 7) is 2.29. The van der Waals surface area contributed by atoms with Gasteiger partial charge >= 0.3 is 0 Å². The van der Waals surface area contributed by atoms with Gasteiger partial charge < -0.3 is 4.90 Å². The molecule has 0 radical (unpaired) electrons. The number of hydrogen-bond acceptors (Lipinski definition) is 3. The summed E-state index contributed by atoms with van der Waals surface area (Å²) in [7, 11) is 0. The second-order valence-electron chi connectivity index (χ2n) is 4.43. The average Bonchev–Trinajstić information content (AvgIpc) is 2.74. The molecule has 2 aliphatic rings. The summed E-state index contributed by atoms with van der Waals surface area (Å²) in [5.41, 5.74) is 0. The first-order valence-electron chi connectivity index (χ1n) is 5.59. The van der Waals surface area contributed by atoms with E-state index < -0.39 is 0 Å². The van der Waals surface area contributed by atoms with Crippen LogP contribution in [0.15, 0.2) is 30.7 Å². The normalized spacial score (nSPS) is 29.2. The molecule has 1 fully saturated rings. The quantitative estimate of drug-likeness (QED) is 0.650. The van der Waals surface area contributed by atoms with Crippen LogP contribution in [0.3, 0.4) is 0 Å². The highest BCUT2D eigenvalue weighted by Crippen LogP contribution is 2.34. The zero-order chi connectivity index (χ0) is 10.1. The number of fused-ring (bicyclic) bond motifs is 1. The Kier molecular flexibility index (Phi) is 2.16. The molecule has 3 rings (SSSR count). The van der Waals surface area contributed by atoms with Crippen LogP contribution in [0.5, 0.6) is 0 Å². The lowest BCUT2D eigenvalue weighted by atomic mass is 9.86. The molecule has 2 heterocycles. The number of hydrogen-bond donors (Lipinski definition) is 0. The summed E-state index contributed by atoms with van der Waals surface area (Å²) < 4.78 is 0. The van der Waals surface area contributed by atoms with E-state index in [0.717, 1.165) is 30.7 Å². The van der Waals surface area contributed by atoms with Gasteiger partial charge in [-0.1, -0.05) is 12.2 Å². The Balaban J connectivity index is 1.77. The van der Waals surface area contributed by atoms with E-state index >= 15 is 0 Å². The van der Waals surface area contributed by atoms with Crippen LogP contribution < -0.4 is 4.90 Å². The molecule has 1 aliphatic heterocycles. The van der Waals surface area contributed by atoms with Crippen molar-refractivity contribution in [2.75, 3.05) is 18.0 Å². The fourth-order valence-corrected chi connectivity index (χ4v) is 2.66. The molecule has 1 saturated heterocycles. The number of anilines is 1. The Bertz CT molecular complexity index is 344. The van der Waals surface area contributed by atoms with Crippen LogP contribution in [0.25, 0.3) is 0 Å². The molecule has 0 saturated carbocycles. The highest BCUT2D eigenvalue weighted by atomic mass is 15.2. The molecule has 1 aromatic heterocycles. The first kappa shape index (κ1) is 8.89. The van der Waals surface area contributed by atoms with Crippen LogP contribution >= 0.6 is 0 Å². The molecule has 15 heavy (non-hydrogen) atoms. The minimum atomic E-state index is 0.831. The summed E-state index contributed by atoms with van der Waals surface area (Å²) in [4.78, 5) is 10.9. The molecule has 1 aromatic rings. The molecule has 2 atom stereocenters. The van der Waals surface area contributed by atoms with Crippen molar-refractivity contribution in [3.8, 4) is 0 Å². The van der Waals surface area contributed by atoms with Crippen LogP contribution in [0.4, 0.5) is 5.82 Å². The topological polar surface area (TPSA) is 29.0 Å². The lowest BCUT2D eigenvalue weighted by molar-refractivity contribution is 0.411. The van der Waals surface area contributed by atoms with Crippen LogP contribution in [0, 0.1) is 11.8 Å². The molecule has 0 N–H and O–H groups in total. The lowest BCUT2D eigenvalue weighted by Gasteiger charge is -2.17. The number of nitrogens with zero attached hydrogens (tertiary/aromatic N) is 3. The van der Waals surface area contributed by atoms with Crippen LogP contribution in [-0.4, -0.2) is 23.1 Å². The maximum atomic E-state index is 4.36. The van der Waals surface area contributed by atoms with Crippen LogP contribution in [0.2, 0.25) is 0 Å². The van der Waals surface area contributed by atoms with Gasteiger partial charge in [0.1, 0.15) is 5.82 Å². The first-order chi connectivity index (χ1) is 7.43.